The van der Waals surface area contributed by atoms with Crippen molar-refractivity contribution in [2.75, 3.05) is 26.2 Å². The molecule has 27 heavy (non-hydrogen) atoms. The summed E-state index contributed by atoms with van der Waals surface area (Å²) in [6.07, 6.45) is 7.97. The minimum Gasteiger partial charge on any atom is -0.342 e. The van der Waals surface area contributed by atoms with Crippen LogP contribution in [-0.2, 0) is 14.8 Å². The van der Waals surface area contributed by atoms with Crippen molar-refractivity contribution in [2.45, 2.75) is 30.6 Å². The Morgan fingerprint density at radius 1 is 1.04 bits per heavy atom. The Labute approximate surface area is 166 Å². The first-order valence-corrected chi connectivity index (χ1v) is 11.5. The molecule has 1 amide bonds. The maximum Gasteiger partial charge on any atom is 0.244 e. The largest absolute Gasteiger partial charge is 0.342 e. The number of amides is 1. The predicted molar refractivity (Wildman–Crippen MR) is 105 cm³/mol. The fourth-order valence-electron chi connectivity index (χ4n) is 4.61. The van der Waals surface area contributed by atoms with E-state index in [0.29, 0.717) is 24.8 Å². The second kappa shape index (κ2) is 7.57. The van der Waals surface area contributed by atoms with Crippen LogP contribution >= 0.6 is 11.6 Å². The second-order valence-electron chi connectivity index (χ2n) is 7.84. The Kier molecular flexibility index (Phi) is 5.32. The highest BCUT2D eigenvalue weighted by Crippen LogP contribution is 2.35. The van der Waals surface area contributed by atoms with E-state index >= 15 is 0 Å². The van der Waals surface area contributed by atoms with Crippen molar-refractivity contribution in [1.29, 1.82) is 0 Å². The molecule has 1 aromatic rings. The lowest BCUT2D eigenvalue weighted by Crippen LogP contribution is -2.46. The number of hydrogen-bond acceptors (Lipinski definition) is 3. The monoisotopic (exact) mass is 408 g/mol. The van der Waals surface area contributed by atoms with Gasteiger partial charge in [-0.15, -0.1) is 0 Å². The number of piperidine rings is 1. The fourth-order valence-corrected chi connectivity index (χ4v) is 6.63. The van der Waals surface area contributed by atoms with Gasteiger partial charge in [-0.1, -0.05) is 35.9 Å². The Hall–Kier alpha value is -1.37. The number of likely N-dealkylation sites (tertiary alicyclic amines) is 1. The van der Waals surface area contributed by atoms with Crippen molar-refractivity contribution in [1.82, 2.24) is 9.21 Å². The van der Waals surface area contributed by atoms with Gasteiger partial charge in [0.15, 0.2) is 0 Å². The van der Waals surface area contributed by atoms with Crippen LogP contribution in [0.25, 0.3) is 0 Å². The number of allylic oxidation sites excluding steroid dienone is 2. The van der Waals surface area contributed by atoms with Gasteiger partial charge in [0.05, 0.1) is 10.9 Å². The van der Waals surface area contributed by atoms with Crippen LogP contribution < -0.4 is 0 Å². The highest BCUT2D eigenvalue weighted by molar-refractivity contribution is 7.89. The maximum absolute atomic E-state index is 13.1. The smallest absolute Gasteiger partial charge is 0.244 e. The molecule has 5 nitrogen and oxygen atoms in total. The summed E-state index contributed by atoms with van der Waals surface area (Å²) in [6.45, 7) is 2.30. The number of rotatable bonds is 3. The Balaban J connectivity index is 1.47. The van der Waals surface area contributed by atoms with E-state index in [1.807, 2.05) is 4.90 Å². The molecule has 3 atom stereocenters. The molecule has 1 aliphatic carbocycles. The molecule has 1 aromatic carbocycles. The van der Waals surface area contributed by atoms with Gasteiger partial charge in [-0.3, -0.25) is 4.79 Å². The number of carbonyl (C=O) groups excluding carboxylic acids is 1. The fraction of sp³-hybridized carbons (Fsp3) is 0.550. The zero-order chi connectivity index (χ0) is 19.0. The number of nitrogens with zero attached hydrogens (tertiary/aromatic N) is 2. The molecule has 1 unspecified atom stereocenters. The first-order chi connectivity index (χ1) is 13.0. The van der Waals surface area contributed by atoms with Gasteiger partial charge in [-0.2, -0.15) is 4.31 Å². The van der Waals surface area contributed by atoms with Crippen molar-refractivity contribution in [3.8, 4) is 0 Å². The SMILES string of the molecule is O=C(C1CCCN(S(=O)(=O)c2ccccc2Cl)C1)N1C[C@H]2CC=CC[C@H]2C1. The molecule has 3 aliphatic rings. The molecule has 2 saturated heterocycles. The average molecular weight is 409 g/mol. The standard InChI is InChI=1S/C20H25ClN2O3S/c21-18-9-3-4-10-19(18)27(25,26)23-11-5-8-17(14-23)20(24)22-12-15-6-1-2-7-16(15)13-22/h1-4,9-10,15-17H,5-8,11-14H2/t15-,16+,17?. The molecule has 2 heterocycles. The Bertz CT molecular complexity index is 839. The summed E-state index contributed by atoms with van der Waals surface area (Å²) in [5, 5.41) is 0.224. The minimum absolute atomic E-state index is 0.114. The van der Waals surface area contributed by atoms with Crippen molar-refractivity contribution < 1.29 is 13.2 Å². The van der Waals surface area contributed by atoms with Crippen molar-refractivity contribution in [3.05, 3.63) is 41.4 Å². The first-order valence-electron chi connectivity index (χ1n) is 9.65. The number of carbonyl (C=O) groups is 1. The summed E-state index contributed by atoms with van der Waals surface area (Å²) in [7, 11) is -3.68. The van der Waals surface area contributed by atoms with Gasteiger partial charge in [-0.25, -0.2) is 8.42 Å². The van der Waals surface area contributed by atoms with Crippen LogP contribution in [0.1, 0.15) is 25.7 Å². The zero-order valence-electron chi connectivity index (χ0n) is 15.3. The summed E-state index contributed by atoms with van der Waals surface area (Å²) in [5.74, 6) is 0.976. The average Bonchev–Trinajstić information content (AvgIpc) is 3.12. The van der Waals surface area contributed by atoms with Gasteiger partial charge in [-0.05, 0) is 49.7 Å². The van der Waals surface area contributed by atoms with Crippen LogP contribution in [0, 0.1) is 17.8 Å². The van der Waals surface area contributed by atoms with Crippen LogP contribution in [0.3, 0.4) is 0 Å². The van der Waals surface area contributed by atoms with Crippen molar-refractivity contribution in [3.63, 3.8) is 0 Å². The molecule has 2 fully saturated rings. The zero-order valence-corrected chi connectivity index (χ0v) is 16.8. The molecule has 0 aromatic heterocycles. The van der Waals surface area contributed by atoms with Crippen LogP contribution in [0.5, 0.6) is 0 Å². The molecular weight excluding hydrogens is 384 g/mol. The third-order valence-corrected chi connectivity index (χ3v) is 8.49. The van der Waals surface area contributed by atoms with Gasteiger partial charge >= 0.3 is 0 Å². The van der Waals surface area contributed by atoms with Gasteiger partial charge in [0.1, 0.15) is 4.90 Å². The Morgan fingerprint density at radius 3 is 2.37 bits per heavy atom. The number of halogens is 1. The van der Waals surface area contributed by atoms with Gasteiger partial charge in [0.2, 0.25) is 15.9 Å². The Morgan fingerprint density at radius 2 is 1.70 bits per heavy atom. The van der Waals surface area contributed by atoms with E-state index in [-0.39, 0.29) is 28.3 Å². The molecule has 4 rings (SSSR count). The van der Waals surface area contributed by atoms with E-state index in [1.54, 1.807) is 18.2 Å². The molecule has 0 bridgehead atoms. The highest BCUT2D eigenvalue weighted by Gasteiger charge is 2.40. The lowest BCUT2D eigenvalue weighted by Gasteiger charge is -2.33. The topological polar surface area (TPSA) is 57.7 Å². The molecule has 0 radical (unpaired) electrons. The normalized spacial score (nSPS) is 28.9. The summed E-state index contributed by atoms with van der Waals surface area (Å²) in [5.41, 5.74) is 0. The second-order valence-corrected chi connectivity index (χ2v) is 10.2. The van der Waals surface area contributed by atoms with Crippen molar-refractivity contribution in [2.24, 2.45) is 17.8 Å². The minimum atomic E-state index is -3.68. The van der Waals surface area contributed by atoms with E-state index in [0.717, 1.165) is 32.4 Å². The molecule has 0 N–H and O–H groups in total. The van der Waals surface area contributed by atoms with E-state index < -0.39 is 10.0 Å². The van der Waals surface area contributed by atoms with E-state index in [2.05, 4.69) is 12.2 Å². The number of fused-ring (bicyclic) bond motifs is 1. The number of benzene rings is 1. The lowest BCUT2D eigenvalue weighted by molar-refractivity contribution is -0.135. The number of sulfonamides is 1. The van der Waals surface area contributed by atoms with E-state index in [4.69, 9.17) is 11.6 Å². The van der Waals surface area contributed by atoms with Gasteiger partial charge in [0, 0.05) is 26.2 Å². The van der Waals surface area contributed by atoms with Gasteiger partial charge < -0.3 is 4.90 Å². The van der Waals surface area contributed by atoms with Crippen LogP contribution in [0.15, 0.2) is 41.3 Å². The number of hydrogen-bond donors (Lipinski definition) is 0. The third-order valence-electron chi connectivity index (χ3n) is 6.12. The van der Waals surface area contributed by atoms with E-state index in [1.165, 1.54) is 10.4 Å². The third kappa shape index (κ3) is 3.67. The molecule has 2 aliphatic heterocycles. The molecule has 0 saturated carbocycles. The van der Waals surface area contributed by atoms with Crippen LogP contribution in [0.2, 0.25) is 5.02 Å². The lowest BCUT2D eigenvalue weighted by atomic mass is 9.86. The van der Waals surface area contributed by atoms with Crippen LogP contribution in [0.4, 0.5) is 0 Å². The highest BCUT2D eigenvalue weighted by atomic mass is 35.5. The van der Waals surface area contributed by atoms with E-state index in [9.17, 15) is 13.2 Å². The maximum atomic E-state index is 13.1. The molecule has 7 heteroatoms. The summed E-state index contributed by atoms with van der Waals surface area (Å²) in [6, 6.07) is 6.50. The molecule has 0 spiro atoms. The molecule has 146 valence electrons. The van der Waals surface area contributed by atoms with Crippen molar-refractivity contribution >= 4 is 27.5 Å². The molecular formula is C20H25ClN2O3S. The van der Waals surface area contributed by atoms with Gasteiger partial charge in [0.25, 0.3) is 0 Å². The van der Waals surface area contributed by atoms with Crippen LogP contribution in [-0.4, -0.2) is 49.7 Å². The predicted octanol–water partition coefficient (Wildman–Crippen LogP) is 3.17. The summed E-state index contributed by atoms with van der Waals surface area (Å²) in [4.78, 5) is 15.2. The summed E-state index contributed by atoms with van der Waals surface area (Å²) >= 11 is 6.11. The first kappa shape index (κ1) is 19.0. The quantitative estimate of drug-likeness (QED) is 0.722. The summed E-state index contributed by atoms with van der Waals surface area (Å²) < 4.78 is 27.5.